The summed E-state index contributed by atoms with van der Waals surface area (Å²) in [5.74, 6) is -0.801. The quantitative estimate of drug-likeness (QED) is 0.689. The van der Waals surface area contributed by atoms with Gasteiger partial charge in [0.1, 0.15) is 17.4 Å². The number of benzene rings is 1. The molecule has 18 heavy (non-hydrogen) atoms. The lowest BCUT2D eigenvalue weighted by atomic mass is 9.69. The summed E-state index contributed by atoms with van der Waals surface area (Å²) in [6, 6.07) is 4.97. The Kier molecular flexibility index (Phi) is 2.38. The molecule has 1 aromatic carbocycles. The molecule has 3 rings (SSSR count). The van der Waals surface area contributed by atoms with Crippen LogP contribution in [0.2, 0.25) is 0 Å². The number of aromatic hydroxyl groups is 1. The highest BCUT2D eigenvalue weighted by atomic mass is 16.5. The Morgan fingerprint density at radius 3 is 3.00 bits per heavy atom. The Balaban J connectivity index is 2.18. The van der Waals surface area contributed by atoms with Crippen LogP contribution in [0.15, 0.2) is 18.2 Å². The van der Waals surface area contributed by atoms with Gasteiger partial charge in [-0.1, -0.05) is 12.1 Å². The van der Waals surface area contributed by atoms with Crippen molar-refractivity contribution in [2.24, 2.45) is 0 Å². The Morgan fingerprint density at radius 2 is 2.22 bits per heavy atom. The highest BCUT2D eigenvalue weighted by Crippen LogP contribution is 2.47. The van der Waals surface area contributed by atoms with E-state index in [1.165, 1.54) is 6.07 Å². The molecular weight excluding hydrogens is 232 g/mol. The van der Waals surface area contributed by atoms with E-state index >= 15 is 0 Å². The Labute approximate surface area is 105 Å². The van der Waals surface area contributed by atoms with Crippen molar-refractivity contribution >= 4 is 5.97 Å². The largest absolute Gasteiger partial charge is 0.507 e. The number of carbonyl (C=O) groups is 1. The monoisotopic (exact) mass is 248 g/mol. The van der Waals surface area contributed by atoms with Gasteiger partial charge >= 0.3 is 5.97 Å². The molecule has 96 valence electrons. The molecule has 1 aromatic rings. The second-order valence-corrected chi connectivity index (χ2v) is 5.41. The third-order valence-electron chi connectivity index (χ3n) is 4.09. The smallest absolute Gasteiger partial charge is 0.342 e. The number of aliphatic hydroxyl groups is 1. The van der Waals surface area contributed by atoms with E-state index in [2.05, 4.69) is 0 Å². The zero-order valence-corrected chi connectivity index (χ0v) is 10.2. The predicted molar refractivity (Wildman–Crippen MR) is 64.5 cm³/mol. The van der Waals surface area contributed by atoms with Crippen LogP contribution >= 0.6 is 0 Å². The number of ether oxygens (including phenoxy) is 1. The van der Waals surface area contributed by atoms with Crippen LogP contribution < -0.4 is 0 Å². The summed E-state index contributed by atoms with van der Waals surface area (Å²) in [4.78, 5) is 11.9. The minimum atomic E-state index is -0.897. The van der Waals surface area contributed by atoms with Crippen molar-refractivity contribution in [2.45, 2.75) is 43.8 Å². The summed E-state index contributed by atoms with van der Waals surface area (Å²) in [7, 11) is 0. The summed E-state index contributed by atoms with van der Waals surface area (Å²) in [5.41, 5.74) is 0.0217. The molecule has 2 aliphatic rings. The van der Waals surface area contributed by atoms with Crippen LogP contribution in [0.1, 0.15) is 48.0 Å². The highest BCUT2D eigenvalue weighted by Gasteiger charge is 2.48. The number of fused-ring (bicyclic) bond motifs is 3. The molecule has 0 bridgehead atoms. The van der Waals surface area contributed by atoms with Crippen LogP contribution in [-0.2, 0) is 4.74 Å². The van der Waals surface area contributed by atoms with Gasteiger partial charge in [0.2, 0.25) is 0 Å². The molecule has 3 atom stereocenters. The first-order chi connectivity index (χ1) is 8.50. The molecule has 0 spiro atoms. The van der Waals surface area contributed by atoms with Crippen molar-refractivity contribution in [3.63, 3.8) is 0 Å². The van der Waals surface area contributed by atoms with Crippen LogP contribution in [0.4, 0.5) is 0 Å². The fraction of sp³-hybridized carbons (Fsp3) is 0.500. The summed E-state index contributed by atoms with van der Waals surface area (Å²) < 4.78 is 5.37. The third-order valence-corrected chi connectivity index (χ3v) is 4.09. The first-order valence-electron chi connectivity index (χ1n) is 6.26. The van der Waals surface area contributed by atoms with Crippen LogP contribution in [0, 0.1) is 0 Å². The van der Waals surface area contributed by atoms with Crippen molar-refractivity contribution < 1.29 is 19.7 Å². The van der Waals surface area contributed by atoms with Gasteiger partial charge in [0.15, 0.2) is 0 Å². The van der Waals surface area contributed by atoms with E-state index in [-0.39, 0.29) is 23.3 Å². The number of phenolic OH excluding ortho intramolecular Hbond substituents is 1. The molecule has 0 aromatic heterocycles. The highest BCUT2D eigenvalue weighted by molar-refractivity contribution is 5.95. The number of carbonyl (C=O) groups excluding carboxylic acids is 1. The van der Waals surface area contributed by atoms with Gasteiger partial charge in [0.05, 0.1) is 11.5 Å². The number of hydrogen-bond acceptors (Lipinski definition) is 4. The summed E-state index contributed by atoms with van der Waals surface area (Å²) in [6.07, 6.45) is 2.01. The number of esters is 1. The van der Waals surface area contributed by atoms with Crippen molar-refractivity contribution in [2.75, 3.05) is 0 Å². The summed E-state index contributed by atoms with van der Waals surface area (Å²) in [6.45, 7) is 1.77. The number of rotatable bonds is 0. The van der Waals surface area contributed by atoms with Crippen LogP contribution in [-0.4, -0.2) is 27.9 Å². The van der Waals surface area contributed by atoms with Gasteiger partial charge in [0, 0.05) is 0 Å². The maximum Gasteiger partial charge on any atom is 0.342 e. The molecule has 0 unspecified atom stereocenters. The van der Waals surface area contributed by atoms with E-state index in [0.29, 0.717) is 12.0 Å². The van der Waals surface area contributed by atoms with E-state index in [1.807, 2.05) is 0 Å². The lowest BCUT2D eigenvalue weighted by Gasteiger charge is -2.45. The second-order valence-electron chi connectivity index (χ2n) is 5.41. The first kappa shape index (κ1) is 11.5. The standard InChI is InChI=1S/C14H16O4/c1-14(17)7-3-6-10-12(14)8-4-2-5-9(15)11(8)13(16)18-10/h2,4-5,10,12,15,17H,3,6-7H2,1H3/t10-,12-,14-/m0/s1. The molecule has 1 aliphatic carbocycles. The Bertz CT molecular complexity index is 507. The lowest BCUT2D eigenvalue weighted by molar-refractivity contribution is -0.0722. The molecule has 1 aliphatic heterocycles. The van der Waals surface area contributed by atoms with E-state index in [0.717, 1.165) is 12.8 Å². The zero-order valence-electron chi connectivity index (χ0n) is 10.2. The van der Waals surface area contributed by atoms with Crippen molar-refractivity contribution in [3.05, 3.63) is 29.3 Å². The zero-order chi connectivity index (χ0) is 12.9. The summed E-state index contributed by atoms with van der Waals surface area (Å²) >= 11 is 0. The molecule has 1 fully saturated rings. The van der Waals surface area contributed by atoms with E-state index in [4.69, 9.17) is 4.74 Å². The minimum absolute atomic E-state index is 0.0719. The maximum absolute atomic E-state index is 11.9. The third kappa shape index (κ3) is 1.52. The number of hydrogen-bond donors (Lipinski definition) is 2. The SMILES string of the molecule is C[C@]1(O)CCC[C@@H]2OC(=O)c3c(O)cccc3[C@@H]21. The van der Waals surface area contributed by atoms with Gasteiger partial charge in [-0.15, -0.1) is 0 Å². The molecule has 4 heteroatoms. The molecule has 1 heterocycles. The van der Waals surface area contributed by atoms with Gasteiger partial charge < -0.3 is 14.9 Å². The average molecular weight is 248 g/mol. The van der Waals surface area contributed by atoms with Gasteiger partial charge in [-0.2, -0.15) is 0 Å². The van der Waals surface area contributed by atoms with E-state index in [1.54, 1.807) is 19.1 Å². The molecule has 0 saturated heterocycles. The predicted octanol–water partition coefficient (Wildman–Crippen LogP) is 1.95. The van der Waals surface area contributed by atoms with Crippen molar-refractivity contribution in [1.82, 2.24) is 0 Å². The first-order valence-corrected chi connectivity index (χ1v) is 6.26. The Hall–Kier alpha value is -1.55. The minimum Gasteiger partial charge on any atom is -0.507 e. The van der Waals surface area contributed by atoms with Gasteiger partial charge in [-0.25, -0.2) is 4.79 Å². The van der Waals surface area contributed by atoms with Gasteiger partial charge in [-0.05, 0) is 37.8 Å². The van der Waals surface area contributed by atoms with Crippen molar-refractivity contribution in [1.29, 1.82) is 0 Å². The topological polar surface area (TPSA) is 66.8 Å². The lowest BCUT2D eigenvalue weighted by Crippen LogP contribution is -2.48. The normalized spacial score (nSPS) is 34.4. The van der Waals surface area contributed by atoms with Gasteiger partial charge in [0.25, 0.3) is 0 Å². The van der Waals surface area contributed by atoms with Crippen LogP contribution in [0.3, 0.4) is 0 Å². The average Bonchev–Trinajstić information content (AvgIpc) is 2.27. The molecule has 0 radical (unpaired) electrons. The van der Waals surface area contributed by atoms with E-state index < -0.39 is 11.6 Å². The maximum atomic E-state index is 11.9. The molecular formula is C14H16O4. The van der Waals surface area contributed by atoms with E-state index in [9.17, 15) is 15.0 Å². The number of phenols is 1. The molecule has 0 amide bonds. The summed E-state index contributed by atoms with van der Waals surface area (Å²) in [5, 5.41) is 20.3. The van der Waals surface area contributed by atoms with Crippen LogP contribution in [0.5, 0.6) is 5.75 Å². The molecule has 1 saturated carbocycles. The fourth-order valence-electron chi connectivity index (χ4n) is 3.28. The molecule has 4 nitrogen and oxygen atoms in total. The second kappa shape index (κ2) is 3.72. The van der Waals surface area contributed by atoms with Gasteiger partial charge in [-0.3, -0.25) is 0 Å². The van der Waals surface area contributed by atoms with Crippen molar-refractivity contribution in [3.8, 4) is 5.75 Å². The molecule has 2 N–H and O–H groups in total. The fourth-order valence-corrected chi connectivity index (χ4v) is 3.28. The van der Waals surface area contributed by atoms with Crippen LogP contribution in [0.25, 0.3) is 0 Å². The Morgan fingerprint density at radius 1 is 1.44 bits per heavy atom.